The van der Waals surface area contributed by atoms with Crippen LogP contribution in [0, 0.1) is 53.3 Å². The molecule has 14 N–H and O–H groups in total. The highest BCUT2D eigenvalue weighted by Gasteiger charge is 2.37. The van der Waals surface area contributed by atoms with Gasteiger partial charge >= 0.3 is 18.0 Å². The van der Waals surface area contributed by atoms with E-state index in [0.29, 0.717) is 95.3 Å². The number of rotatable bonds is 12. The smallest absolute Gasteiger partial charge is 0.405 e. The highest BCUT2D eigenvalue weighted by Crippen LogP contribution is 2.48. The molecule has 6 aliphatic heterocycles. The number of amides is 4. The van der Waals surface area contributed by atoms with Gasteiger partial charge in [0.15, 0.2) is 0 Å². The number of ether oxygens (including phenoxy) is 6. The predicted octanol–water partition coefficient (Wildman–Crippen LogP) is 15.3. The fourth-order valence-electron chi connectivity index (χ4n) is 18.1. The summed E-state index contributed by atoms with van der Waals surface area (Å²) in [7, 11) is 4.69. The Labute approximate surface area is 757 Å². The number of aromatic hydroxyl groups is 6. The van der Waals surface area contributed by atoms with Crippen molar-refractivity contribution in [2.24, 2.45) is 59.0 Å². The van der Waals surface area contributed by atoms with E-state index in [1.807, 2.05) is 118 Å². The van der Waals surface area contributed by atoms with Crippen molar-refractivity contribution < 1.29 is 103 Å². The first-order valence-electron chi connectivity index (χ1n) is 45.4. The molecular weight excluding hydrogens is 1640 g/mol. The maximum Gasteiger partial charge on any atom is 0.405 e. The van der Waals surface area contributed by atoms with Gasteiger partial charge in [0.05, 0.1) is 65.1 Å². The molecule has 28 nitrogen and oxygen atoms in total. The Hall–Kier alpha value is -9.94. The number of nitrogens with zero attached hydrogens (tertiary/aromatic N) is 3. The third-order valence-corrected chi connectivity index (χ3v) is 25.4. The van der Waals surface area contributed by atoms with E-state index in [-0.39, 0.29) is 105 Å². The minimum atomic E-state index is -0.910. The number of likely N-dealkylation sites (tertiary alicyclic amines) is 1. The lowest BCUT2D eigenvalue weighted by Crippen LogP contribution is -2.38. The van der Waals surface area contributed by atoms with Crippen molar-refractivity contribution in [3.8, 4) is 34.5 Å². The Morgan fingerprint density at radius 2 is 0.734 bits per heavy atom. The van der Waals surface area contributed by atoms with E-state index < -0.39 is 90.7 Å². The molecule has 3 aromatic carbocycles. The van der Waals surface area contributed by atoms with Gasteiger partial charge in [-0.3, -0.25) is 24.0 Å². The monoisotopic (exact) mass is 1780 g/mol. The molecule has 6 aliphatic rings. The van der Waals surface area contributed by atoms with Gasteiger partial charge in [0.25, 0.3) is 17.7 Å². The molecule has 0 spiro atoms. The van der Waals surface area contributed by atoms with Gasteiger partial charge < -0.3 is 111 Å². The summed E-state index contributed by atoms with van der Waals surface area (Å²) in [6.07, 6.45) is 24.0. The quantitative estimate of drug-likeness (QED) is 0.0263. The molecule has 6 bridgehead atoms. The number of aliphatic hydroxyl groups is 3. The van der Waals surface area contributed by atoms with Gasteiger partial charge in [0, 0.05) is 154 Å². The van der Waals surface area contributed by atoms with Crippen LogP contribution in [0.5, 0.6) is 34.5 Å². The first-order valence-corrected chi connectivity index (χ1v) is 45.4. The maximum absolute atomic E-state index is 13.2. The van der Waals surface area contributed by atoms with Gasteiger partial charge in [-0.25, -0.2) is 4.79 Å². The number of allylic oxidation sites excluding steroid dienone is 6. The van der Waals surface area contributed by atoms with Crippen LogP contribution < -0.4 is 31.5 Å². The van der Waals surface area contributed by atoms with Crippen molar-refractivity contribution >= 4 is 64.2 Å². The molecule has 28 heteroatoms. The van der Waals surface area contributed by atoms with Crippen LogP contribution in [0.25, 0.3) is 0 Å². The molecule has 3 fully saturated rings. The molecule has 3 aromatic rings. The molecule has 6 heterocycles. The fourth-order valence-corrected chi connectivity index (χ4v) is 18.1. The standard InChI is InChI=1S/C36H54N2O7.C33H48N2O7.C31H45N3O7/c1-22-18-29-28(14-11-17-38-15-8-9-16-38)31(40)21-30(34(29)42)37-36(43)24(3)13-10-12-23(2)35(45-27(6)39)26(5)20-25(4)33(41)32(19-22)44-7;1-19-15-25-29(35-13-8-9-14-35)27(37)18-26(31(25)39)34-33(40)21(3)12-10-11-20(2)32(42-24(6)36)23(5)17-22(4)30(38)28(16-19)41-7;1-17-13-22-26(34-11-8-12-34)24(35)16-23(28(22)37)33-30(38)19(3)10-7-9-18(2)29(41-31(32)39)21(5)15-20(4)27(36)25(14-17)40-6/h10,12-13,20-23,25,32-33,35,40-42H,8-9,11,14-19H2,1-7H3,(H,37,43);10-12,17-20,22,28,30,32,37-39H,8-9,13-16H2,1-7H3,(H,34,40);7,9-10,15-18,20,25,27,29,35-37H,8,11-14H2,1-6H3,(H2,32,39)(H,33,38)/b12-10-,24-13+,26-20+;11-10-,21-12+,23-17+;9-7-,19-10+,21-15+/t22-,23+,25+,32+,33-,35-;19-,20+,22+,28+,30-,32-;17-,18+,20+,25+,27-,29-/m111/s1. The van der Waals surface area contributed by atoms with Crippen LogP contribution in [-0.4, -0.2) is 209 Å². The molecule has 4 amide bonds. The number of carbonyl (C=O) groups is 6. The lowest BCUT2D eigenvalue weighted by molar-refractivity contribution is -0.146. The van der Waals surface area contributed by atoms with Crippen LogP contribution in [0.2, 0.25) is 0 Å². The summed E-state index contributed by atoms with van der Waals surface area (Å²) in [5.74, 6) is -4.12. The van der Waals surface area contributed by atoms with E-state index in [4.69, 9.17) is 34.2 Å². The van der Waals surface area contributed by atoms with Gasteiger partial charge in [-0.1, -0.05) is 135 Å². The first kappa shape index (κ1) is 105. The summed E-state index contributed by atoms with van der Waals surface area (Å²) in [6.45, 7) is 36.8. The molecule has 708 valence electrons. The second-order valence-corrected chi connectivity index (χ2v) is 36.5. The van der Waals surface area contributed by atoms with Crippen LogP contribution in [0.15, 0.2) is 125 Å². The van der Waals surface area contributed by atoms with Crippen molar-refractivity contribution in [2.75, 3.05) is 92.9 Å². The van der Waals surface area contributed by atoms with E-state index in [2.05, 4.69) is 25.8 Å². The number of phenols is 6. The molecule has 9 rings (SSSR count). The fraction of sp³-hybridized carbons (Fsp3) is 0.580. The number of hydrogen-bond acceptors (Lipinski definition) is 24. The average molecular weight is 1780 g/mol. The van der Waals surface area contributed by atoms with Crippen molar-refractivity contribution in [3.63, 3.8) is 0 Å². The number of aliphatic hydroxyl groups excluding tert-OH is 3. The Morgan fingerprint density at radius 3 is 1.05 bits per heavy atom. The van der Waals surface area contributed by atoms with Crippen LogP contribution >= 0.6 is 0 Å². The van der Waals surface area contributed by atoms with Crippen molar-refractivity contribution in [1.82, 2.24) is 4.90 Å². The largest absolute Gasteiger partial charge is 0.508 e. The van der Waals surface area contributed by atoms with E-state index >= 15 is 0 Å². The van der Waals surface area contributed by atoms with E-state index in [1.54, 1.807) is 84.6 Å². The van der Waals surface area contributed by atoms with Gasteiger partial charge in [0.2, 0.25) is 0 Å². The zero-order chi connectivity index (χ0) is 94.8. The summed E-state index contributed by atoms with van der Waals surface area (Å²) in [5.41, 5.74) is 12.8. The van der Waals surface area contributed by atoms with E-state index in [9.17, 15) is 74.7 Å². The normalized spacial score (nSPS) is 31.2. The Bertz CT molecular complexity index is 4580. The Morgan fingerprint density at radius 1 is 0.430 bits per heavy atom. The van der Waals surface area contributed by atoms with Crippen molar-refractivity contribution in [2.45, 2.75) is 256 Å². The third kappa shape index (κ3) is 29.5. The molecule has 0 radical (unpaired) electrons. The third-order valence-electron chi connectivity index (χ3n) is 25.4. The number of primary amides is 1. The lowest BCUT2D eigenvalue weighted by Gasteiger charge is -2.36. The number of nitrogens with one attached hydrogen (secondary N) is 3. The van der Waals surface area contributed by atoms with Gasteiger partial charge in [-0.2, -0.15) is 0 Å². The number of anilines is 5. The topological polar surface area (TPSA) is 412 Å². The van der Waals surface area contributed by atoms with Gasteiger partial charge in [-0.05, 0) is 179 Å². The molecule has 0 aliphatic carbocycles. The molecule has 0 saturated carbocycles. The minimum Gasteiger partial charge on any atom is -0.508 e. The number of nitrogens with two attached hydrogens (primary N) is 1. The van der Waals surface area contributed by atoms with Crippen LogP contribution in [0.1, 0.15) is 198 Å². The summed E-state index contributed by atoms with van der Waals surface area (Å²) >= 11 is 0. The molecule has 128 heavy (non-hydrogen) atoms. The molecule has 0 aromatic heterocycles. The van der Waals surface area contributed by atoms with Gasteiger partial charge in [0.1, 0.15) is 52.8 Å². The number of hydrogen-bond donors (Lipinski definition) is 13. The minimum absolute atomic E-state index is 0.00233. The number of carbonyl (C=O) groups excluding carboxylic acids is 6. The summed E-state index contributed by atoms with van der Waals surface area (Å²) < 4.78 is 34.0. The average Bonchev–Trinajstić information content (AvgIpc) is 1.21. The van der Waals surface area contributed by atoms with E-state index in [1.165, 1.54) is 44.9 Å². The SMILES string of the molecule is CO[C@H]1C[C@H](C)Cc2c(O)c(cc(O)c2CCCN2CCCC2)NC(=O)/C(C)=C/C=C\[C@H](C)[C@@H](OC(C)=O)/C(C)=C/[C@H](C)[C@H]1O.CO[C@H]1C[C@H](C)Cc2c(O)c(cc(O)c2N2CCC2)NC(=O)/C(C)=C/C=C\[C@H](C)[C@@H](OC(N)=O)/C(C)=C/[C@H](C)[C@H]1O.CO[C@H]1C[C@H](C)Cc2c(O)c(cc(O)c2N2CCCC2)NC(=O)/C(C)=C/C=C\[C@H](C)[C@@H](OC(C)=O)/C(C)=C/[C@H](C)[C@H]1O. The first-order chi connectivity index (χ1) is 60.5. The lowest BCUT2D eigenvalue weighted by atomic mass is 9.86. The number of fused-ring (bicyclic) bond motifs is 6. The second-order valence-electron chi connectivity index (χ2n) is 36.5. The highest BCUT2D eigenvalue weighted by atomic mass is 16.6. The predicted molar refractivity (Wildman–Crippen MR) is 501 cm³/mol. The Kier molecular flexibility index (Phi) is 40.8. The maximum atomic E-state index is 13.2. The molecule has 18 atom stereocenters. The Balaban J connectivity index is 0.000000263. The van der Waals surface area contributed by atoms with Gasteiger partial charge in [-0.15, -0.1) is 0 Å². The zero-order valence-electron chi connectivity index (χ0n) is 79.0. The van der Waals surface area contributed by atoms with Crippen LogP contribution in [-0.2, 0) is 78.1 Å². The number of esters is 2. The summed E-state index contributed by atoms with van der Waals surface area (Å²) in [6, 6.07) is 4.22. The van der Waals surface area contributed by atoms with Crippen LogP contribution in [0.3, 0.4) is 0 Å². The molecule has 0 unspecified atom stereocenters. The van der Waals surface area contributed by atoms with Crippen molar-refractivity contribution in [3.05, 3.63) is 147 Å². The highest BCUT2D eigenvalue weighted by molar-refractivity contribution is 6.06. The molecular formula is C100H147N7O21. The van der Waals surface area contributed by atoms with E-state index in [0.717, 1.165) is 88.2 Å². The van der Waals surface area contributed by atoms with Crippen LogP contribution in [0.4, 0.5) is 33.2 Å². The second kappa shape index (κ2) is 49.7. The van der Waals surface area contributed by atoms with Crippen molar-refractivity contribution in [1.29, 1.82) is 0 Å². The summed E-state index contributed by atoms with van der Waals surface area (Å²) in [5, 5.41) is 110. The number of methoxy groups -OCH3 is 3. The summed E-state index contributed by atoms with van der Waals surface area (Å²) in [4.78, 5) is 81.3. The number of phenolic OH excluding ortho intramolecular Hbond substituents is 6. The number of benzene rings is 3. The zero-order valence-corrected chi connectivity index (χ0v) is 79.0. The molecule has 3 saturated heterocycles.